The van der Waals surface area contributed by atoms with E-state index in [-0.39, 0.29) is 25.9 Å². The number of halogens is 3. The molecule has 1 amide bonds. The number of amides is 1. The standard InChI is InChI=1S/C13H16Cl3NO3S/c1-13(2,3)4-5-17-12(18)9-6-8(14)7-10(11(9)15)21(16,19)20/h6-7H,4-5H2,1-3H3,(H,17,18). The lowest BCUT2D eigenvalue weighted by molar-refractivity contribution is 0.0949. The van der Waals surface area contributed by atoms with Crippen molar-refractivity contribution in [3.05, 3.63) is 27.7 Å². The summed E-state index contributed by atoms with van der Waals surface area (Å²) in [5.74, 6) is -0.492. The maximum atomic E-state index is 12.1. The van der Waals surface area contributed by atoms with E-state index in [9.17, 15) is 13.2 Å². The summed E-state index contributed by atoms with van der Waals surface area (Å²) in [6.45, 7) is 6.57. The summed E-state index contributed by atoms with van der Waals surface area (Å²) < 4.78 is 22.8. The highest BCUT2D eigenvalue weighted by Gasteiger charge is 2.22. The topological polar surface area (TPSA) is 63.2 Å². The molecule has 21 heavy (non-hydrogen) atoms. The average Bonchev–Trinajstić information content (AvgIpc) is 2.28. The predicted molar refractivity (Wildman–Crippen MR) is 85.9 cm³/mol. The first kappa shape index (κ1) is 18.6. The van der Waals surface area contributed by atoms with E-state index in [0.717, 1.165) is 12.5 Å². The molecule has 0 aliphatic carbocycles. The average molecular weight is 373 g/mol. The van der Waals surface area contributed by atoms with Crippen molar-refractivity contribution in [1.82, 2.24) is 5.32 Å². The summed E-state index contributed by atoms with van der Waals surface area (Å²) >= 11 is 11.8. The van der Waals surface area contributed by atoms with Crippen molar-refractivity contribution < 1.29 is 13.2 Å². The van der Waals surface area contributed by atoms with Crippen molar-refractivity contribution in [1.29, 1.82) is 0 Å². The molecule has 4 nitrogen and oxygen atoms in total. The van der Waals surface area contributed by atoms with Crippen molar-refractivity contribution in [3.63, 3.8) is 0 Å². The monoisotopic (exact) mass is 371 g/mol. The Morgan fingerprint density at radius 2 is 1.81 bits per heavy atom. The van der Waals surface area contributed by atoms with Crippen LogP contribution in [-0.4, -0.2) is 20.9 Å². The van der Waals surface area contributed by atoms with Gasteiger partial charge in [-0.3, -0.25) is 4.79 Å². The van der Waals surface area contributed by atoms with Crippen molar-refractivity contribution in [2.75, 3.05) is 6.54 Å². The molecule has 8 heteroatoms. The molecule has 0 heterocycles. The molecule has 0 saturated heterocycles. The van der Waals surface area contributed by atoms with Gasteiger partial charge in [0.25, 0.3) is 15.0 Å². The lowest BCUT2D eigenvalue weighted by atomic mass is 9.92. The Morgan fingerprint density at radius 1 is 1.24 bits per heavy atom. The van der Waals surface area contributed by atoms with E-state index in [1.54, 1.807) is 0 Å². The number of hydrogen-bond acceptors (Lipinski definition) is 3. The van der Waals surface area contributed by atoms with Gasteiger partial charge < -0.3 is 5.32 Å². The van der Waals surface area contributed by atoms with E-state index in [0.29, 0.717) is 6.54 Å². The van der Waals surface area contributed by atoms with Crippen LogP contribution in [0.3, 0.4) is 0 Å². The van der Waals surface area contributed by atoms with Crippen LogP contribution in [0.4, 0.5) is 0 Å². The van der Waals surface area contributed by atoms with Gasteiger partial charge in [0.15, 0.2) is 0 Å². The third kappa shape index (κ3) is 5.66. The smallest absolute Gasteiger partial charge is 0.262 e. The van der Waals surface area contributed by atoms with Gasteiger partial charge in [0, 0.05) is 22.2 Å². The Labute approximate surface area is 139 Å². The van der Waals surface area contributed by atoms with E-state index >= 15 is 0 Å². The lowest BCUT2D eigenvalue weighted by Gasteiger charge is -2.18. The van der Waals surface area contributed by atoms with Gasteiger partial charge in [-0.2, -0.15) is 0 Å². The third-order valence-electron chi connectivity index (χ3n) is 2.67. The highest BCUT2D eigenvalue weighted by Crippen LogP contribution is 2.31. The second-order valence-corrected chi connectivity index (χ2v) is 9.12. The summed E-state index contributed by atoms with van der Waals surface area (Å²) in [5.41, 5.74) is 0.0491. The fourth-order valence-electron chi connectivity index (χ4n) is 1.55. The van der Waals surface area contributed by atoms with Gasteiger partial charge in [0.1, 0.15) is 4.90 Å². The molecule has 1 aromatic carbocycles. The molecule has 0 saturated carbocycles. The van der Waals surface area contributed by atoms with Gasteiger partial charge in [-0.15, -0.1) is 0 Å². The minimum atomic E-state index is -4.08. The van der Waals surface area contributed by atoms with Crippen molar-refractivity contribution in [3.8, 4) is 0 Å². The molecule has 0 fully saturated rings. The fourth-order valence-corrected chi connectivity index (χ4v) is 3.41. The van der Waals surface area contributed by atoms with Crippen LogP contribution in [0.5, 0.6) is 0 Å². The third-order valence-corrected chi connectivity index (χ3v) is 4.76. The number of benzene rings is 1. The molecule has 0 aromatic heterocycles. The predicted octanol–water partition coefficient (Wildman–Crippen LogP) is 4.09. The molecule has 1 N–H and O–H groups in total. The molecule has 0 atom stereocenters. The minimum Gasteiger partial charge on any atom is -0.352 e. The first-order valence-electron chi connectivity index (χ1n) is 6.14. The molecule has 0 unspecified atom stereocenters. The molecular formula is C13H16Cl3NO3S. The first-order valence-corrected chi connectivity index (χ1v) is 9.20. The number of nitrogens with one attached hydrogen (secondary N) is 1. The zero-order chi connectivity index (χ0) is 16.4. The normalized spacial score (nSPS) is 12.3. The molecule has 0 radical (unpaired) electrons. The Morgan fingerprint density at radius 3 is 2.29 bits per heavy atom. The van der Waals surface area contributed by atoms with Crippen molar-refractivity contribution in [2.45, 2.75) is 32.1 Å². The second kappa shape index (κ2) is 6.73. The van der Waals surface area contributed by atoms with Crippen LogP contribution in [-0.2, 0) is 9.05 Å². The largest absolute Gasteiger partial charge is 0.352 e. The number of rotatable bonds is 4. The summed E-state index contributed by atoms with van der Waals surface area (Å²) in [5, 5.41) is 2.52. The molecule has 1 aromatic rings. The molecular weight excluding hydrogens is 357 g/mol. The zero-order valence-electron chi connectivity index (χ0n) is 11.8. The van der Waals surface area contributed by atoms with Crippen LogP contribution in [0.25, 0.3) is 0 Å². The SMILES string of the molecule is CC(C)(C)CCNC(=O)c1cc(Cl)cc(S(=O)(=O)Cl)c1Cl. The van der Waals surface area contributed by atoms with Crippen molar-refractivity contribution >= 4 is 48.8 Å². The lowest BCUT2D eigenvalue weighted by Crippen LogP contribution is -2.27. The van der Waals surface area contributed by atoms with Gasteiger partial charge >= 0.3 is 0 Å². The first-order chi connectivity index (χ1) is 9.42. The van der Waals surface area contributed by atoms with Crippen LogP contribution < -0.4 is 5.32 Å². The molecule has 0 aliphatic rings. The molecule has 118 valence electrons. The van der Waals surface area contributed by atoms with Crippen LogP contribution in [0, 0.1) is 5.41 Å². The Hall–Kier alpha value is -0.490. The van der Waals surface area contributed by atoms with Crippen molar-refractivity contribution in [2.24, 2.45) is 5.41 Å². The summed E-state index contributed by atoms with van der Waals surface area (Å²) in [4.78, 5) is 11.7. The van der Waals surface area contributed by atoms with E-state index in [1.807, 2.05) is 20.8 Å². The van der Waals surface area contributed by atoms with Gasteiger partial charge in [-0.05, 0) is 24.0 Å². The van der Waals surface area contributed by atoms with E-state index in [2.05, 4.69) is 5.32 Å². The van der Waals surface area contributed by atoms with Gasteiger partial charge in [0.05, 0.1) is 10.6 Å². The number of carbonyl (C=O) groups is 1. The number of carbonyl (C=O) groups excluding carboxylic acids is 1. The quantitative estimate of drug-likeness (QED) is 0.810. The fraction of sp³-hybridized carbons (Fsp3) is 0.462. The highest BCUT2D eigenvalue weighted by atomic mass is 35.7. The van der Waals surface area contributed by atoms with Gasteiger partial charge in [0.2, 0.25) is 0 Å². The molecule has 0 aliphatic heterocycles. The summed E-state index contributed by atoms with van der Waals surface area (Å²) in [6.07, 6.45) is 0.761. The summed E-state index contributed by atoms with van der Waals surface area (Å²) in [6, 6.07) is 2.42. The summed E-state index contributed by atoms with van der Waals surface area (Å²) in [7, 11) is 1.19. The molecule has 0 spiro atoms. The highest BCUT2D eigenvalue weighted by molar-refractivity contribution is 8.13. The maximum absolute atomic E-state index is 12.1. The van der Waals surface area contributed by atoms with E-state index in [1.165, 1.54) is 6.07 Å². The Kier molecular flexibility index (Phi) is 5.95. The van der Waals surface area contributed by atoms with Crippen LogP contribution in [0.2, 0.25) is 10.0 Å². The Bertz CT molecular complexity index is 651. The van der Waals surface area contributed by atoms with Crippen LogP contribution >= 0.6 is 33.9 Å². The molecule has 1 rings (SSSR count). The van der Waals surface area contributed by atoms with Gasteiger partial charge in [-0.25, -0.2) is 8.42 Å². The van der Waals surface area contributed by atoms with Crippen LogP contribution in [0.1, 0.15) is 37.6 Å². The second-order valence-electron chi connectivity index (χ2n) is 5.77. The van der Waals surface area contributed by atoms with E-state index < -0.39 is 15.0 Å². The van der Waals surface area contributed by atoms with Gasteiger partial charge in [-0.1, -0.05) is 44.0 Å². The molecule has 0 bridgehead atoms. The minimum absolute atomic E-state index is 0.0164. The number of hydrogen-bond donors (Lipinski definition) is 1. The van der Waals surface area contributed by atoms with Crippen LogP contribution in [0.15, 0.2) is 17.0 Å². The van der Waals surface area contributed by atoms with E-state index in [4.69, 9.17) is 33.9 Å². The Balaban J connectivity index is 3.03. The zero-order valence-corrected chi connectivity index (χ0v) is 14.9. The maximum Gasteiger partial charge on any atom is 0.262 e.